The van der Waals surface area contributed by atoms with Crippen LogP contribution in [0.15, 0.2) is 35.5 Å². The second-order valence-electron chi connectivity index (χ2n) is 6.12. The Morgan fingerprint density at radius 2 is 2.16 bits per heavy atom. The summed E-state index contributed by atoms with van der Waals surface area (Å²) in [5.41, 5.74) is 0.998. The summed E-state index contributed by atoms with van der Waals surface area (Å²) >= 11 is 0. The van der Waals surface area contributed by atoms with Crippen molar-refractivity contribution in [3.8, 4) is 5.69 Å². The first-order valence-electron chi connectivity index (χ1n) is 7.83. The van der Waals surface area contributed by atoms with Crippen LogP contribution in [0.25, 0.3) is 5.69 Å². The topological polar surface area (TPSA) is 92.5 Å². The predicted molar refractivity (Wildman–Crippen MR) is 87.4 cm³/mol. The molecule has 0 amide bonds. The van der Waals surface area contributed by atoms with Crippen LogP contribution in [-0.2, 0) is 14.8 Å². The molecule has 0 saturated carbocycles. The van der Waals surface area contributed by atoms with Gasteiger partial charge in [-0.25, -0.2) is 17.5 Å². The quantitative estimate of drug-likeness (QED) is 0.890. The van der Waals surface area contributed by atoms with E-state index >= 15 is 0 Å². The molecule has 1 atom stereocenters. The summed E-state index contributed by atoms with van der Waals surface area (Å²) in [6.07, 6.45) is 4.11. The van der Waals surface area contributed by atoms with Gasteiger partial charge in [0.25, 0.3) is 0 Å². The van der Waals surface area contributed by atoms with Gasteiger partial charge in [0.2, 0.25) is 10.0 Å². The molecular weight excluding hydrogens is 349 g/mol. The van der Waals surface area contributed by atoms with E-state index < -0.39 is 27.7 Å². The van der Waals surface area contributed by atoms with E-state index in [1.165, 1.54) is 16.8 Å². The van der Waals surface area contributed by atoms with Gasteiger partial charge in [-0.15, -0.1) is 0 Å². The first kappa shape index (κ1) is 17.6. The highest BCUT2D eigenvalue weighted by molar-refractivity contribution is 7.89. The minimum absolute atomic E-state index is 0.0978. The normalized spacial score (nSPS) is 19.0. The second-order valence-corrected chi connectivity index (χ2v) is 8.05. The Hall–Kier alpha value is -2.26. The molecule has 0 spiro atoms. The number of halogens is 1. The lowest BCUT2D eigenvalue weighted by molar-refractivity contribution is -0.142. The van der Waals surface area contributed by atoms with Crippen molar-refractivity contribution in [2.75, 3.05) is 13.1 Å². The number of nitrogens with zero attached hydrogens (tertiary/aromatic N) is 3. The van der Waals surface area contributed by atoms with Gasteiger partial charge in [-0.3, -0.25) is 4.79 Å². The highest BCUT2D eigenvalue weighted by atomic mass is 32.2. The van der Waals surface area contributed by atoms with E-state index in [0.717, 1.165) is 15.9 Å². The SMILES string of the molecule is Cc1cnn(-c2ccc(S(=O)(=O)N3CCCC(C(=O)O)C3)cc2F)c1. The molecular formula is C16H18FN3O4S. The van der Waals surface area contributed by atoms with Crippen molar-refractivity contribution in [2.24, 2.45) is 5.92 Å². The molecule has 0 radical (unpaired) electrons. The zero-order valence-electron chi connectivity index (χ0n) is 13.6. The molecule has 7 nitrogen and oxygen atoms in total. The van der Waals surface area contributed by atoms with E-state index in [1.54, 1.807) is 12.4 Å². The molecule has 1 N–H and O–H groups in total. The van der Waals surface area contributed by atoms with Crippen LogP contribution in [-0.4, -0.2) is 46.7 Å². The number of carboxylic acids is 1. The van der Waals surface area contributed by atoms with E-state index in [0.29, 0.717) is 12.8 Å². The van der Waals surface area contributed by atoms with E-state index in [1.807, 2.05) is 6.92 Å². The van der Waals surface area contributed by atoms with Crippen LogP contribution in [0.2, 0.25) is 0 Å². The smallest absolute Gasteiger partial charge is 0.307 e. The summed E-state index contributed by atoms with van der Waals surface area (Å²) in [6, 6.07) is 3.62. The van der Waals surface area contributed by atoms with Crippen molar-refractivity contribution in [3.05, 3.63) is 42.0 Å². The van der Waals surface area contributed by atoms with E-state index in [-0.39, 0.29) is 23.7 Å². The fourth-order valence-electron chi connectivity index (χ4n) is 2.89. The number of piperidine rings is 1. The van der Waals surface area contributed by atoms with Crippen LogP contribution in [0.4, 0.5) is 4.39 Å². The lowest BCUT2D eigenvalue weighted by Crippen LogP contribution is -2.42. The lowest BCUT2D eigenvalue weighted by Gasteiger charge is -2.29. The fourth-order valence-corrected chi connectivity index (χ4v) is 4.43. The Labute approximate surface area is 144 Å². The number of aromatic nitrogens is 2. The van der Waals surface area contributed by atoms with Gasteiger partial charge in [0, 0.05) is 19.3 Å². The average Bonchev–Trinajstić information content (AvgIpc) is 3.01. The van der Waals surface area contributed by atoms with Crippen molar-refractivity contribution >= 4 is 16.0 Å². The summed E-state index contributed by atoms with van der Waals surface area (Å²) < 4.78 is 42.3. The molecule has 1 saturated heterocycles. The summed E-state index contributed by atoms with van der Waals surface area (Å²) in [6.45, 7) is 1.95. The molecule has 25 heavy (non-hydrogen) atoms. The lowest BCUT2D eigenvalue weighted by atomic mass is 10.0. The Morgan fingerprint density at radius 3 is 2.76 bits per heavy atom. The van der Waals surface area contributed by atoms with Crippen molar-refractivity contribution in [2.45, 2.75) is 24.7 Å². The number of rotatable bonds is 4. The molecule has 3 rings (SSSR count). The Balaban J connectivity index is 1.90. The summed E-state index contributed by atoms with van der Waals surface area (Å²) in [7, 11) is -3.94. The standard InChI is InChI=1S/C16H18FN3O4S/c1-11-8-18-20(9-11)15-5-4-13(7-14(15)17)25(23,24)19-6-2-3-12(10-19)16(21)22/h4-5,7-9,12H,2-3,6,10H2,1H3,(H,21,22). The van der Waals surface area contributed by atoms with Crippen molar-refractivity contribution in [1.29, 1.82) is 0 Å². The molecule has 2 aromatic rings. The summed E-state index contributed by atoms with van der Waals surface area (Å²) in [5.74, 6) is -2.47. The van der Waals surface area contributed by atoms with Crippen LogP contribution >= 0.6 is 0 Å². The Morgan fingerprint density at radius 1 is 1.40 bits per heavy atom. The molecule has 1 unspecified atom stereocenters. The van der Waals surface area contributed by atoms with Gasteiger partial charge in [0.15, 0.2) is 0 Å². The van der Waals surface area contributed by atoms with Crippen molar-refractivity contribution in [3.63, 3.8) is 0 Å². The molecule has 1 aromatic heterocycles. The largest absolute Gasteiger partial charge is 0.481 e. The molecule has 2 heterocycles. The monoisotopic (exact) mass is 367 g/mol. The molecule has 0 aliphatic carbocycles. The average molecular weight is 367 g/mol. The first-order valence-corrected chi connectivity index (χ1v) is 9.27. The molecule has 9 heteroatoms. The number of hydrogen-bond acceptors (Lipinski definition) is 4. The number of hydrogen-bond donors (Lipinski definition) is 1. The van der Waals surface area contributed by atoms with E-state index in [2.05, 4.69) is 5.10 Å². The van der Waals surface area contributed by atoms with E-state index in [4.69, 9.17) is 5.11 Å². The number of sulfonamides is 1. The molecule has 1 fully saturated rings. The zero-order valence-corrected chi connectivity index (χ0v) is 14.4. The molecule has 134 valence electrons. The molecule has 1 aliphatic heterocycles. The number of aryl methyl sites for hydroxylation is 1. The first-order chi connectivity index (χ1) is 11.8. The van der Waals surface area contributed by atoms with E-state index in [9.17, 15) is 17.6 Å². The maximum Gasteiger partial charge on any atom is 0.307 e. The van der Waals surface area contributed by atoms with Crippen molar-refractivity contribution in [1.82, 2.24) is 14.1 Å². The highest BCUT2D eigenvalue weighted by Gasteiger charge is 2.33. The number of benzene rings is 1. The highest BCUT2D eigenvalue weighted by Crippen LogP contribution is 2.26. The Kier molecular flexibility index (Phi) is 4.61. The number of carbonyl (C=O) groups is 1. The fraction of sp³-hybridized carbons (Fsp3) is 0.375. The maximum absolute atomic E-state index is 14.4. The van der Waals surface area contributed by atoms with Gasteiger partial charge in [-0.05, 0) is 43.5 Å². The zero-order chi connectivity index (χ0) is 18.2. The third-order valence-electron chi connectivity index (χ3n) is 4.25. The van der Waals surface area contributed by atoms with Gasteiger partial charge >= 0.3 is 5.97 Å². The third-order valence-corrected chi connectivity index (χ3v) is 6.11. The Bertz CT molecular complexity index is 910. The summed E-state index contributed by atoms with van der Waals surface area (Å²) in [4.78, 5) is 10.9. The van der Waals surface area contributed by atoms with Gasteiger partial charge in [-0.2, -0.15) is 9.40 Å². The third kappa shape index (κ3) is 3.42. The van der Waals surface area contributed by atoms with Crippen LogP contribution in [0.3, 0.4) is 0 Å². The maximum atomic E-state index is 14.4. The second kappa shape index (κ2) is 6.57. The van der Waals surface area contributed by atoms with Gasteiger partial charge in [-0.1, -0.05) is 0 Å². The number of carboxylic acid groups (broad SMARTS) is 1. The molecule has 0 bridgehead atoms. The summed E-state index contributed by atoms with van der Waals surface area (Å²) in [5, 5.41) is 13.1. The van der Waals surface area contributed by atoms with Gasteiger partial charge in [0.05, 0.1) is 17.0 Å². The van der Waals surface area contributed by atoms with Crippen LogP contribution in [0.5, 0.6) is 0 Å². The van der Waals surface area contributed by atoms with Gasteiger partial charge < -0.3 is 5.11 Å². The van der Waals surface area contributed by atoms with Crippen molar-refractivity contribution < 1.29 is 22.7 Å². The van der Waals surface area contributed by atoms with Crippen LogP contribution in [0, 0.1) is 18.7 Å². The van der Waals surface area contributed by atoms with Crippen LogP contribution in [0.1, 0.15) is 18.4 Å². The predicted octanol–water partition coefficient (Wildman–Crippen LogP) is 1.81. The molecule has 1 aliphatic rings. The van der Waals surface area contributed by atoms with Gasteiger partial charge in [0.1, 0.15) is 11.5 Å². The minimum Gasteiger partial charge on any atom is -0.481 e. The minimum atomic E-state index is -3.94. The number of aliphatic carboxylic acids is 1. The van der Waals surface area contributed by atoms with Crippen LogP contribution < -0.4 is 0 Å². The molecule has 1 aromatic carbocycles.